The molecule has 5 rings (SSSR count). The van der Waals surface area contributed by atoms with E-state index < -0.39 is 6.04 Å². The van der Waals surface area contributed by atoms with Crippen molar-refractivity contribution in [2.75, 3.05) is 13.2 Å². The van der Waals surface area contributed by atoms with Gasteiger partial charge in [0.15, 0.2) is 5.43 Å². The molecule has 0 N–H and O–H groups in total. The standard InChI is InChI=1S/C23H19Cl2NO4/c1-12-4-7-18-15(9-12)21(27)19-20(13-5-6-16(24)17(25)10-13)26(23(28)22(19)30-18)11-14-3-2-8-29-14/h4-7,9-10,14,20H,2-3,8,11H2,1H3/t14-,20+/m0/s1. The summed E-state index contributed by atoms with van der Waals surface area (Å²) in [6.45, 7) is 2.97. The molecule has 2 aliphatic heterocycles. The summed E-state index contributed by atoms with van der Waals surface area (Å²) in [5, 5.41) is 1.25. The number of benzene rings is 2. The van der Waals surface area contributed by atoms with E-state index in [1.54, 1.807) is 35.2 Å². The highest BCUT2D eigenvalue weighted by Gasteiger charge is 2.44. The number of halogens is 2. The zero-order valence-corrected chi connectivity index (χ0v) is 17.8. The van der Waals surface area contributed by atoms with Gasteiger partial charge in [0.2, 0.25) is 5.76 Å². The van der Waals surface area contributed by atoms with Crippen molar-refractivity contribution in [3.63, 3.8) is 0 Å². The third kappa shape index (κ3) is 3.13. The molecule has 0 bridgehead atoms. The summed E-state index contributed by atoms with van der Waals surface area (Å²) in [6, 6.07) is 9.96. The molecule has 1 fully saturated rings. The van der Waals surface area contributed by atoms with Crippen LogP contribution in [0.5, 0.6) is 0 Å². The molecule has 2 aromatic carbocycles. The van der Waals surface area contributed by atoms with Crippen LogP contribution in [0.25, 0.3) is 11.0 Å². The normalized spacial score (nSPS) is 20.9. The van der Waals surface area contributed by atoms with Crippen LogP contribution in [0.15, 0.2) is 45.6 Å². The zero-order chi connectivity index (χ0) is 21.0. The molecule has 30 heavy (non-hydrogen) atoms. The Labute approximate surface area is 183 Å². The number of carbonyl (C=O) groups is 1. The number of carbonyl (C=O) groups excluding carboxylic acids is 1. The number of amides is 1. The van der Waals surface area contributed by atoms with E-state index in [1.807, 2.05) is 13.0 Å². The van der Waals surface area contributed by atoms with Crippen LogP contribution in [0, 0.1) is 6.92 Å². The van der Waals surface area contributed by atoms with Crippen LogP contribution in [0.3, 0.4) is 0 Å². The monoisotopic (exact) mass is 443 g/mol. The predicted octanol–water partition coefficient (Wildman–Crippen LogP) is 5.13. The lowest BCUT2D eigenvalue weighted by molar-refractivity contribution is 0.0486. The van der Waals surface area contributed by atoms with E-state index in [9.17, 15) is 9.59 Å². The molecule has 7 heteroatoms. The smallest absolute Gasteiger partial charge is 0.291 e. The summed E-state index contributed by atoms with van der Waals surface area (Å²) in [4.78, 5) is 28.5. The van der Waals surface area contributed by atoms with Crippen molar-refractivity contribution in [1.82, 2.24) is 4.90 Å². The largest absolute Gasteiger partial charge is 0.450 e. The van der Waals surface area contributed by atoms with Gasteiger partial charge < -0.3 is 14.1 Å². The summed E-state index contributed by atoms with van der Waals surface area (Å²) in [5.41, 5.74) is 2.21. The third-order valence-electron chi connectivity index (χ3n) is 5.80. The lowest BCUT2D eigenvalue weighted by atomic mass is 9.98. The second-order valence-corrected chi connectivity index (χ2v) is 8.66. The van der Waals surface area contributed by atoms with Gasteiger partial charge in [0.25, 0.3) is 5.91 Å². The summed E-state index contributed by atoms with van der Waals surface area (Å²) < 4.78 is 11.7. The average molecular weight is 444 g/mol. The number of fused-ring (bicyclic) bond motifs is 2. The molecule has 2 aliphatic rings. The molecule has 3 heterocycles. The molecule has 0 saturated carbocycles. The van der Waals surface area contributed by atoms with Gasteiger partial charge in [0.05, 0.1) is 33.1 Å². The Morgan fingerprint density at radius 2 is 1.93 bits per heavy atom. The van der Waals surface area contributed by atoms with Crippen LogP contribution in [0.2, 0.25) is 10.0 Å². The predicted molar refractivity (Wildman–Crippen MR) is 116 cm³/mol. The van der Waals surface area contributed by atoms with Gasteiger partial charge in [-0.2, -0.15) is 0 Å². The Morgan fingerprint density at radius 1 is 1.10 bits per heavy atom. The Kier molecular flexibility index (Phi) is 4.85. The summed E-state index contributed by atoms with van der Waals surface area (Å²) in [6.07, 6.45) is 1.76. The Hall–Kier alpha value is -2.34. The van der Waals surface area contributed by atoms with Crippen LogP contribution >= 0.6 is 23.2 Å². The maximum Gasteiger partial charge on any atom is 0.291 e. The second-order valence-electron chi connectivity index (χ2n) is 7.84. The molecule has 154 valence electrons. The van der Waals surface area contributed by atoms with Crippen LogP contribution < -0.4 is 5.43 Å². The van der Waals surface area contributed by atoms with E-state index >= 15 is 0 Å². The zero-order valence-electron chi connectivity index (χ0n) is 16.3. The van der Waals surface area contributed by atoms with Crippen molar-refractivity contribution < 1.29 is 13.9 Å². The molecule has 0 radical (unpaired) electrons. The maximum absolute atomic E-state index is 13.5. The third-order valence-corrected chi connectivity index (χ3v) is 6.54. The topological polar surface area (TPSA) is 59.8 Å². The minimum atomic E-state index is -0.604. The number of hydrogen-bond donors (Lipinski definition) is 0. The van der Waals surface area contributed by atoms with Gasteiger partial charge in [0, 0.05) is 13.2 Å². The van der Waals surface area contributed by atoms with Crippen molar-refractivity contribution in [2.45, 2.75) is 31.9 Å². The molecule has 1 aromatic heterocycles. The van der Waals surface area contributed by atoms with Gasteiger partial charge in [-0.15, -0.1) is 0 Å². The van der Waals surface area contributed by atoms with Crippen molar-refractivity contribution in [1.29, 1.82) is 0 Å². The number of ether oxygens (including phenoxy) is 1. The SMILES string of the molecule is Cc1ccc2oc3c(c(=O)c2c1)[C@@H](c1ccc(Cl)c(Cl)c1)N(C[C@@H]1CCCO1)C3=O. The van der Waals surface area contributed by atoms with E-state index in [4.69, 9.17) is 32.4 Å². The average Bonchev–Trinajstić information content (AvgIpc) is 3.33. The van der Waals surface area contributed by atoms with Gasteiger partial charge in [-0.25, -0.2) is 0 Å². The van der Waals surface area contributed by atoms with E-state index in [2.05, 4.69) is 0 Å². The summed E-state index contributed by atoms with van der Waals surface area (Å²) in [5.74, 6) is -0.221. The lowest BCUT2D eigenvalue weighted by Crippen LogP contribution is -2.36. The van der Waals surface area contributed by atoms with Crippen molar-refractivity contribution in [2.24, 2.45) is 0 Å². The molecule has 3 aromatic rings. The van der Waals surface area contributed by atoms with Gasteiger partial charge >= 0.3 is 0 Å². The first-order chi connectivity index (χ1) is 14.4. The van der Waals surface area contributed by atoms with E-state index in [0.717, 1.165) is 18.4 Å². The fourth-order valence-corrected chi connectivity index (χ4v) is 4.67. The number of nitrogens with zero attached hydrogens (tertiary/aromatic N) is 1. The molecule has 1 saturated heterocycles. The molecule has 0 aliphatic carbocycles. The minimum Gasteiger partial charge on any atom is -0.450 e. The highest BCUT2D eigenvalue weighted by molar-refractivity contribution is 6.42. The Balaban J connectivity index is 1.72. The van der Waals surface area contributed by atoms with Crippen LogP contribution in [-0.2, 0) is 4.74 Å². The lowest BCUT2D eigenvalue weighted by Gasteiger charge is -2.27. The number of hydrogen-bond acceptors (Lipinski definition) is 4. The first-order valence-corrected chi connectivity index (χ1v) is 10.6. The maximum atomic E-state index is 13.5. The van der Waals surface area contributed by atoms with E-state index in [0.29, 0.717) is 45.3 Å². The van der Waals surface area contributed by atoms with E-state index in [-0.39, 0.29) is 23.2 Å². The van der Waals surface area contributed by atoms with Gasteiger partial charge in [-0.3, -0.25) is 9.59 Å². The van der Waals surface area contributed by atoms with Gasteiger partial charge in [-0.05, 0) is 49.6 Å². The molecular formula is C23H19Cl2NO4. The molecule has 0 unspecified atom stereocenters. The number of rotatable bonds is 3. The molecule has 5 nitrogen and oxygen atoms in total. The Morgan fingerprint density at radius 3 is 2.67 bits per heavy atom. The highest BCUT2D eigenvalue weighted by atomic mass is 35.5. The molecule has 2 atom stereocenters. The fourth-order valence-electron chi connectivity index (χ4n) is 4.36. The second kappa shape index (κ2) is 7.41. The number of aryl methyl sites for hydroxylation is 1. The van der Waals surface area contributed by atoms with Crippen molar-refractivity contribution >= 4 is 40.1 Å². The van der Waals surface area contributed by atoms with Crippen molar-refractivity contribution in [3.8, 4) is 0 Å². The fraction of sp³-hybridized carbons (Fsp3) is 0.304. The van der Waals surface area contributed by atoms with Crippen molar-refractivity contribution in [3.05, 3.63) is 79.1 Å². The molecule has 0 spiro atoms. The summed E-state index contributed by atoms with van der Waals surface area (Å²) >= 11 is 12.4. The van der Waals surface area contributed by atoms with Gasteiger partial charge in [0.1, 0.15) is 5.58 Å². The quantitative estimate of drug-likeness (QED) is 0.562. The molecular weight excluding hydrogens is 425 g/mol. The first-order valence-electron chi connectivity index (χ1n) is 9.89. The van der Waals surface area contributed by atoms with Crippen LogP contribution in [0.1, 0.15) is 46.1 Å². The highest BCUT2D eigenvalue weighted by Crippen LogP contribution is 2.40. The van der Waals surface area contributed by atoms with Gasteiger partial charge in [-0.1, -0.05) is 40.9 Å². The minimum absolute atomic E-state index is 0.0692. The summed E-state index contributed by atoms with van der Waals surface area (Å²) in [7, 11) is 0. The molecule has 1 amide bonds. The van der Waals surface area contributed by atoms with E-state index in [1.165, 1.54) is 0 Å². The van der Waals surface area contributed by atoms with Crippen LogP contribution in [0.4, 0.5) is 0 Å². The Bertz CT molecular complexity index is 1230. The first kappa shape index (κ1) is 19.6. The van der Waals surface area contributed by atoms with Crippen LogP contribution in [-0.4, -0.2) is 30.1 Å².